The molecule has 1 N–H and O–H groups in total. The van der Waals surface area contributed by atoms with E-state index >= 15 is 0 Å². The molecular formula is C23H20ClN3O2. The largest absolute Gasteiger partial charge is 0.440 e. The lowest BCUT2D eigenvalue weighted by molar-refractivity contribution is 0.0935. The van der Waals surface area contributed by atoms with E-state index in [2.05, 4.69) is 15.3 Å². The van der Waals surface area contributed by atoms with Gasteiger partial charge in [-0.1, -0.05) is 30.7 Å². The zero-order valence-corrected chi connectivity index (χ0v) is 16.7. The number of amides is 1. The molecule has 6 heteroatoms. The molecule has 0 aliphatic rings. The fraction of sp³-hybridized carbons (Fsp3) is 0.174. The zero-order valence-electron chi connectivity index (χ0n) is 15.9. The Bertz CT molecular complexity index is 1120. The number of nitrogens with zero attached hydrogens (tertiary/aromatic N) is 2. The van der Waals surface area contributed by atoms with Crippen LogP contribution in [-0.4, -0.2) is 15.9 Å². The molecular weight excluding hydrogens is 386 g/mol. The van der Waals surface area contributed by atoms with E-state index in [-0.39, 0.29) is 11.9 Å². The summed E-state index contributed by atoms with van der Waals surface area (Å²) in [5, 5.41) is 3.77. The highest BCUT2D eigenvalue weighted by atomic mass is 35.5. The average Bonchev–Trinajstić information content (AvgIpc) is 3.15. The minimum absolute atomic E-state index is 0.0704. The van der Waals surface area contributed by atoms with Crippen LogP contribution in [0.15, 0.2) is 71.4 Å². The summed E-state index contributed by atoms with van der Waals surface area (Å²) in [6, 6.07) is 16.6. The van der Waals surface area contributed by atoms with Crippen molar-refractivity contribution < 1.29 is 9.21 Å². The maximum absolute atomic E-state index is 12.8. The maximum Gasteiger partial charge on any atom is 0.251 e. The SMILES string of the molecule is CCC(NC(=O)c1ccc2oc(Cc3ccc(Cl)cc3)nc2c1)c1ccncc1. The monoisotopic (exact) mass is 405 g/mol. The molecule has 2 aromatic heterocycles. The van der Waals surface area contributed by atoms with Crippen molar-refractivity contribution in [3.63, 3.8) is 0 Å². The molecule has 1 amide bonds. The van der Waals surface area contributed by atoms with Crippen LogP contribution < -0.4 is 5.32 Å². The summed E-state index contributed by atoms with van der Waals surface area (Å²) in [6.07, 6.45) is 4.81. The zero-order chi connectivity index (χ0) is 20.2. The summed E-state index contributed by atoms with van der Waals surface area (Å²) in [7, 11) is 0. The highest BCUT2D eigenvalue weighted by molar-refractivity contribution is 6.30. The van der Waals surface area contributed by atoms with Gasteiger partial charge in [0, 0.05) is 29.4 Å². The normalized spacial score (nSPS) is 12.1. The van der Waals surface area contributed by atoms with E-state index in [1.54, 1.807) is 30.6 Å². The number of halogens is 1. The molecule has 4 rings (SSSR count). The van der Waals surface area contributed by atoms with Crippen molar-refractivity contribution in [2.45, 2.75) is 25.8 Å². The lowest BCUT2D eigenvalue weighted by Crippen LogP contribution is -2.28. The highest BCUT2D eigenvalue weighted by Gasteiger charge is 2.16. The van der Waals surface area contributed by atoms with Crippen LogP contribution in [0.2, 0.25) is 5.02 Å². The van der Waals surface area contributed by atoms with Crippen LogP contribution in [-0.2, 0) is 6.42 Å². The molecule has 0 aliphatic carbocycles. The molecule has 0 saturated heterocycles. The molecule has 5 nitrogen and oxygen atoms in total. The predicted octanol–water partition coefficient (Wildman–Crippen LogP) is 5.35. The Balaban J connectivity index is 1.52. The van der Waals surface area contributed by atoms with Gasteiger partial charge in [-0.05, 0) is 60.0 Å². The Morgan fingerprint density at radius 2 is 1.86 bits per heavy atom. The number of aromatic nitrogens is 2. The second kappa shape index (κ2) is 8.45. The first kappa shape index (κ1) is 19.2. The predicted molar refractivity (Wildman–Crippen MR) is 113 cm³/mol. The molecule has 0 saturated carbocycles. The lowest BCUT2D eigenvalue weighted by Gasteiger charge is -2.17. The van der Waals surface area contributed by atoms with Crippen molar-refractivity contribution in [3.8, 4) is 0 Å². The lowest BCUT2D eigenvalue weighted by atomic mass is 10.1. The van der Waals surface area contributed by atoms with Gasteiger partial charge < -0.3 is 9.73 Å². The van der Waals surface area contributed by atoms with Gasteiger partial charge in [-0.25, -0.2) is 4.98 Å². The van der Waals surface area contributed by atoms with E-state index in [9.17, 15) is 4.79 Å². The van der Waals surface area contributed by atoms with Crippen LogP contribution >= 0.6 is 11.6 Å². The number of hydrogen-bond donors (Lipinski definition) is 1. The third-order valence-corrected chi connectivity index (χ3v) is 5.04. The summed E-state index contributed by atoms with van der Waals surface area (Å²) in [5.41, 5.74) is 3.97. The Labute approximate surface area is 173 Å². The van der Waals surface area contributed by atoms with Crippen LogP contribution in [0, 0.1) is 0 Å². The first-order valence-electron chi connectivity index (χ1n) is 9.47. The van der Waals surface area contributed by atoms with Crippen molar-refractivity contribution in [1.82, 2.24) is 15.3 Å². The molecule has 0 spiro atoms. The number of carbonyl (C=O) groups is 1. The summed E-state index contributed by atoms with van der Waals surface area (Å²) in [6.45, 7) is 2.04. The average molecular weight is 406 g/mol. The van der Waals surface area contributed by atoms with E-state index in [4.69, 9.17) is 16.0 Å². The molecule has 0 fully saturated rings. The van der Waals surface area contributed by atoms with Crippen LogP contribution in [0.5, 0.6) is 0 Å². The molecule has 0 radical (unpaired) electrons. The highest BCUT2D eigenvalue weighted by Crippen LogP contribution is 2.21. The van der Waals surface area contributed by atoms with E-state index in [0.717, 1.165) is 17.5 Å². The van der Waals surface area contributed by atoms with Crippen molar-refractivity contribution >= 4 is 28.6 Å². The molecule has 2 aromatic carbocycles. The van der Waals surface area contributed by atoms with Crippen molar-refractivity contribution in [2.24, 2.45) is 0 Å². The molecule has 0 aliphatic heterocycles. The number of pyridine rings is 1. The van der Waals surface area contributed by atoms with Gasteiger partial charge in [-0.2, -0.15) is 0 Å². The van der Waals surface area contributed by atoms with Gasteiger partial charge in [-0.15, -0.1) is 0 Å². The molecule has 29 heavy (non-hydrogen) atoms. The third-order valence-electron chi connectivity index (χ3n) is 4.78. The molecule has 1 atom stereocenters. The number of fused-ring (bicyclic) bond motifs is 1. The summed E-state index contributed by atoms with van der Waals surface area (Å²) < 4.78 is 5.83. The molecule has 2 heterocycles. The number of nitrogens with one attached hydrogen (secondary N) is 1. The van der Waals surface area contributed by atoms with Crippen LogP contribution in [0.4, 0.5) is 0 Å². The Hall–Kier alpha value is -3.18. The smallest absolute Gasteiger partial charge is 0.251 e. The van der Waals surface area contributed by atoms with Crippen molar-refractivity contribution in [1.29, 1.82) is 0 Å². The van der Waals surface area contributed by atoms with E-state index < -0.39 is 0 Å². The second-order valence-corrected chi connectivity index (χ2v) is 7.24. The number of benzene rings is 2. The van der Waals surface area contributed by atoms with Crippen LogP contribution in [0.25, 0.3) is 11.1 Å². The fourth-order valence-corrected chi connectivity index (χ4v) is 3.35. The number of hydrogen-bond acceptors (Lipinski definition) is 4. The summed E-state index contributed by atoms with van der Waals surface area (Å²) in [5.74, 6) is 0.459. The fourth-order valence-electron chi connectivity index (χ4n) is 3.23. The number of carbonyl (C=O) groups excluding carboxylic acids is 1. The minimum Gasteiger partial charge on any atom is -0.440 e. The number of rotatable bonds is 6. The van der Waals surface area contributed by atoms with Gasteiger partial charge >= 0.3 is 0 Å². The molecule has 146 valence electrons. The first-order chi connectivity index (χ1) is 14.1. The van der Waals surface area contributed by atoms with Gasteiger partial charge in [0.1, 0.15) is 5.52 Å². The van der Waals surface area contributed by atoms with Crippen molar-refractivity contribution in [3.05, 3.63) is 94.6 Å². The maximum atomic E-state index is 12.8. The minimum atomic E-state index is -0.141. The quantitative estimate of drug-likeness (QED) is 0.469. The molecule has 0 bridgehead atoms. The van der Waals surface area contributed by atoms with E-state index in [0.29, 0.717) is 34.0 Å². The first-order valence-corrected chi connectivity index (χ1v) is 9.85. The standard InChI is InChI=1S/C23H20ClN3O2/c1-2-19(16-9-11-25-12-10-16)27-23(28)17-5-8-21-20(14-17)26-22(29-21)13-15-3-6-18(24)7-4-15/h3-12,14,19H,2,13H2,1H3,(H,27,28). The van der Waals surface area contributed by atoms with Gasteiger partial charge in [0.15, 0.2) is 11.5 Å². The Morgan fingerprint density at radius 1 is 1.10 bits per heavy atom. The van der Waals surface area contributed by atoms with Crippen LogP contribution in [0.1, 0.15) is 46.8 Å². The van der Waals surface area contributed by atoms with E-state index in [1.165, 1.54) is 0 Å². The summed E-state index contributed by atoms with van der Waals surface area (Å²) >= 11 is 5.93. The van der Waals surface area contributed by atoms with Gasteiger partial charge in [0.25, 0.3) is 5.91 Å². The van der Waals surface area contributed by atoms with E-state index in [1.807, 2.05) is 43.3 Å². The third kappa shape index (κ3) is 4.46. The van der Waals surface area contributed by atoms with Gasteiger partial charge in [0.2, 0.25) is 0 Å². The van der Waals surface area contributed by atoms with Crippen LogP contribution in [0.3, 0.4) is 0 Å². The van der Waals surface area contributed by atoms with Gasteiger partial charge in [0.05, 0.1) is 6.04 Å². The Morgan fingerprint density at radius 3 is 2.59 bits per heavy atom. The topological polar surface area (TPSA) is 68.0 Å². The second-order valence-electron chi connectivity index (χ2n) is 6.81. The Kier molecular flexibility index (Phi) is 5.58. The molecule has 1 unspecified atom stereocenters. The van der Waals surface area contributed by atoms with Crippen molar-refractivity contribution in [2.75, 3.05) is 0 Å². The molecule has 4 aromatic rings. The number of oxazole rings is 1. The summed E-state index contributed by atoms with van der Waals surface area (Å²) in [4.78, 5) is 21.3. The van der Waals surface area contributed by atoms with Gasteiger partial charge in [-0.3, -0.25) is 9.78 Å².